The number of phenolic OH excluding ortho intramolecular Hbond substituents is 4. The van der Waals surface area contributed by atoms with Gasteiger partial charge in [0.15, 0.2) is 11.2 Å². The summed E-state index contributed by atoms with van der Waals surface area (Å²) in [7, 11) is 0. The van der Waals surface area contributed by atoms with Crippen molar-refractivity contribution < 1.29 is 67.9 Å². The molecule has 16 nitrogen and oxygen atoms in total. The summed E-state index contributed by atoms with van der Waals surface area (Å²) in [5, 5.41) is 45.2. The van der Waals surface area contributed by atoms with Crippen molar-refractivity contribution in [1.29, 1.82) is 0 Å². The van der Waals surface area contributed by atoms with E-state index in [0.29, 0.717) is 83.4 Å². The highest BCUT2D eigenvalue weighted by Gasteiger charge is 2.56. The molecule has 112 heavy (non-hydrogen) atoms. The monoisotopic (exact) mass is 1500 g/mol. The lowest BCUT2D eigenvalue weighted by molar-refractivity contribution is 0.0214. The van der Waals surface area contributed by atoms with E-state index in [9.17, 15) is 30.0 Å². The summed E-state index contributed by atoms with van der Waals surface area (Å²) in [5.74, 6) is 2.71. The predicted octanol–water partition coefficient (Wildman–Crippen LogP) is 20.1. The quantitative estimate of drug-likeness (QED) is 0.0403. The Balaban J connectivity index is 0.844. The topological polar surface area (TPSA) is 214 Å². The van der Waals surface area contributed by atoms with E-state index in [1.165, 1.54) is 12.1 Å². The number of nitrogens with zero attached hydrogens (tertiary/aromatic N) is 2. The van der Waals surface area contributed by atoms with Gasteiger partial charge >= 0.3 is 11.9 Å². The first-order valence-electron chi connectivity index (χ1n) is 38.9. The van der Waals surface area contributed by atoms with Gasteiger partial charge in [0.2, 0.25) is 0 Å². The van der Waals surface area contributed by atoms with Gasteiger partial charge in [-0.1, -0.05) is 182 Å². The second kappa shape index (κ2) is 29.0. The van der Waals surface area contributed by atoms with Gasteiger partial charge in [0.1, 0.15) is 82.2 Å². The molecule has 0 saturated heterocycles. The highest BCUT2D eigenvalue weighted by molar-refractivity contribution is 5.99. The summed E-state index contributed by atoms with van der Waals surface area (Å²) in [6, 6.07) is 48.9. The van der Waals surface area contributed by atoms with Crippen molar-refractivity contribution in [1.82, 2.24) is 0 Å². The van der Waals surface area contributed by atoms with Crippen molar-refractivity contribution in [3.8, 4) is 69.0 Å². The summed E-state index contributed by atoms with van der Waals surface area (Å²) in [5.41, 5.74) is 12.9. The maximum Gasteiger partial charge on any atom is 0.340 e. The molecule has 0 fully saturated rings. The number of esters is 2. The first-order chi connectivity index (χ1) is 53.4. The third-order valence-corrected chi connectivity index (χ3v) is 22.0. The fraction of sp³-hybridized carbons (Fsp3) is 0.333. The molecule has 4 heterocycles. The molecular formula is C96H98N2O14. The smallest absolute Gasteiger partial charge is 0.340 e. The van der Waals surface area contributed by atoms with Gasteiger partial charge in [-0.3, -0.25) is 9.98 Å². The Morgan fingerprint density at radius 2 is 0.670 bits per heavy atom. The lowest BCUT2D eigenvalue weighted by atomic mass is 9.77. The highest BCUT2D eigenvalue weighted by Crippen LogP contribution is 2.60. The van der Waals surface area contributed by atoms with E-state index in [4.69, 9.17) is 47.9 Å². The summed E-state index contributed by atoms with van der Waals surface area (Å²) in [6.45, 7) is 32.7. The molecule has 10 aromatic rings. The van der Waals surface area contributed by atoms with E-state index in [0.717, 1.165) is 103 Å². The van der Waals surface area contributed by atoms with Crippen LogP contribution in [-0.4, -0.2) is 84.3 Å². The van der Waals surface area contributed by atoms with Crippen molar-refractivity contribution in [2.45, 2.75) is 168 Å². The van der Waals surface area contributed by atoms with Crippen molar-refractivity contribution >= 4 is 24.4 Å². The Hall–Kier alpha value is -11.5. The van der Waals surface area contributed by atoms with Crippen LogP contribution in [0, 0.1) is 0 Å². The van der Waals surface area contributed by atoms with Crippen LogP contribution < -0.4 is 28.4 Å². The Kier molecular flexibility index (Phi) is 19.6. The summed E-state index contributed by atoms with van der Waals surface area (Å²) >= 11 is 0. The summed E-state index contributed by atoms with van der Waals surface area (Å²) in [6.07, 6.45) is 6.40. The number of carbonyl (C=O) groups is 2. The molecule has 2 spiro atoms. The van der Waals surface area contributed by atoms with Crippen LogP contribution in [0.25, 0.3) is 0 Å². The van der Waals surface area contributed by atoms with Gasteiger partial charge in [-0.05, 0) is 162 Å². The fourth-order valence-electron chi connectivity index (χ4n) is 16.2. The van der Waals surface area contributed by atoms with E-state index in [1.807, 2.05) is 24.3 Å². The molecule has 576 valence electrons. The van der Waals surface area contributed by atoms with Crippen molar-refractivity contribution in [3.63, 3.8) is 0 Å². The zero-order valence-electron chi connectivity index (χ0n) is 66.4. The molecule has 0 aromatic heterocycles. The number of phenols is 4. The van der Waals surface area contributed by atoms with Gasteiger partial charge in [-0.25, -0.2) is 9.59 Å². The minimum atomic E-state index is -1.44. The first-order valence-corrected chi connectivity index (χ1v) is 38.9. The summed E-state index contributed by atoms with van der Waals surface area (Å²) in [4.78, 5) is 37.5. The van der Waals surface area contributed by atoms with Gasteiger partial charge in [0.05, 0.1) is 48.6 Å². The average molecular weight is 1500 g/mol. The third-order valence-electron chi connectivity index (χ3n) is 22.0. The van der Waals surface area contributed by atoms with Crippen molar-refractivity contribution in [2.24, 2.45) is 9.98 Å². The van der Waals surface area contributed by atoms with E-state index >= 15 is 0 Å². The van der Waals surface area contributed by atoms with E-state index in [-0.39, 0.29) is 105 Å². The molecule has 8 bridgehead atoms. The second-order valence-corrected chi connectivity index (χ2v) is 34.2. The number of fused-ring (bicyclic) bond motifs is 20. The van der Waals surface area contributed by atoms with Crippen LogP contribution in [0.3, 0.4) is 0 Å². The minimum Gasteiger partial charge on any atom is -0.508 e. The number of ether oxygens (including phenoxy) is 8. The van der Waals surface area contributed by atoms with Crippen LogP contribution >= 0.6 is 0 Å². The average Bonchev–Trinajstić information content (AvgIpc) is 1.53. The maximum absolute atomic E-state index is 13.8. The van der Waals surface area contributed by atoms with Crippen LogP contribution in [0.2, 0.25) is 0 Å². The molecule has 0 amide bonds. The molecule has 0 saturated carbocycles. The number of rotatable bonds is 16. The largest absolute Gasteiger partial charge is 0.508 e. The number of aliphatic imine (C=N–C) groups is 2. The second-order valence-electron chi connectivity index (χ2n) is 34.2. The molecule has 1 aliphatic carbocycles. The van der Waals surface area contributed by atoms with Crippen molar-refractivity contribution in [3.05, 3.63) is 280 Å². The molecule has 16 heteroatoms. The van der Waals surface area contributed by atoms with Crippen molar-refractivity contribution in [2.75, 3.05) is 39.5 Å². The van der Waals surface area contributed by atoms with E-state index < -0.39 is 23.1 Å². The molecule has 0 radical (unpaired) electrons. The fourth-order valence-corrected chi connectivity index (χ4v) is 16.2. The Morgan fingerprint density at radius 3 is 0.973 bits per heavy atom. The van der Waals surface area contributed by atoms with Crippen LogP contribution in [0.5, 0.6) is 69.0 Å². The van der Waals surface area contributed by atoms with E-state index in [1.54, 1.807) is 85.2 Å². The third kappa shape index (κ3) is 13.8. The standard InChI is InChI=1S/C96H98N2O14/c1-15-35-105-83-55-39-59-47-65(93(9,10)11)49-61(85(59)107-37-33-97-53-71-79(101)31-29-77-87(71)109-81-51-67(99)25-27-75(81)95(77)73-23-19-17-21-69(73)89(103)111-95)41-57-45-64(92(6,7)8)46-58(84(57)106-36-16-2)42-62-50-66(94(12,13)14)48-60(40-56(83)44-63(43-55)91(3,4)5)86(62)108-38-34-98-54-72-80(102)32-30-78-88(72)110-82-52-68(100)26-28-76(82)96(78)74-24-20-18-22-70(74)90(104)112-96/h17-32,43-54,99-102H,15-16,33-42H2,1-14H3. The predicted molar refractivity (Wildman–Crippen MR) is 435 cm³/mol. The normalized spacial score (nSPS) is 16.7. The zero-order valence-corrected chi connectivity index (χ0v) is 66.4. The van der Waals surface area contributed by atoms with Gasteiger partial charge in [-0.2, -0.15) is 0 Å². The molecule has 15 rings (SSSR count). The van der Waals surface area contributed by atoms with Gasteiger partial charge in [0, 0.05) is 83.6 Å². The number of hydrogen-bond acceptors (Lipinski definition) is 16. The molecule has 2 unspecified atom stereocenters. The SMILES string of the molecule is CCCOc1c2cc(C(C)(C)C)cc1Cc1cc(C(C)(C)C)cc(c1OCCN=Cc1c(O)ccc3c1Oc1cc(O)ccc1C31OC(=O)c3ccccc31)Cc1cc(C(C)(C)C)cc(c1OCCC)Cc1cc(C(C)(C)C)cc(c1OCCN=Cc1c(O)ccc3c1Oc1cc(O)ccc1C31OC(=O)c3ccccc31)C2. The van der Waals surface area contributed by atoms with Crippen LogP contribution in [-0.2, 0) is 68.0 Å². The van der Waals surface area contributed by atoms with Gasteiger partial charge < -0.3 is 58.3 Å². The molecule has 10 aromatic carbocycles. The molecule has 5 aliphatic rings. The van der Waals surface area contributed by atoms with Crippen LogP contribution in [0.1, 0.15) is 242 Å². The lowest BCUT2D eigenvalue weighted by Gasteiger charge is -2.37. The molecule has 4 aliphatic heterocycles. The maximum atomic E-state index is 13.8. The van der Waals surface area contributed by atoms with Crippen LogP contribution in [0.15, 0.2) is 168 Å². The number of hydrogen-bond donors (Lipinski definition) is 4. The van der Waals surface area contributed by atoms with Gasteiger partial charge in [0.25, 0.3) is 0 Å². The molecule has 2 atom stereocenters. The molecule has 4 N–H and O–H groups in total. The zero-order chi connectivity index (χ0) is 79.1. The number of aromatic hydroxyl groups is 4. The van der Waals surface area contributed by atoms with Gasteiger partial charge in [-0.15, -0.1) is 0 Å². The Morgan fingerprint density at radius 1 is 0.375 bits per heavy atom. The molecular weight excluding hydrogens is 1410 g/mol. The lowest BCUT2D eigenvalue weighted by Crippen LogP contribution is -2.33. The van der Waals surface area contributed by atoms with Crippen LogP contribution in [0.4, 0.5) is 0 Å². The Bertz CT molecular complexity index is 5070. The number of carbonyl (C=O) groups excluding carboxylic acids is 2. The summed E-state index contributed by atoms with van der Waals surface area (Å²) < 4.78 is 55.1. The number of benzene rings is 10. The Labute approximate surface area is 655 Å². The minimum absolute atomic E-state index is 0.0463. The first kappa shape index (κ1) is 75.9. The van der Waals surface area contributed by atoms with E-state index in [2.05, 4.69) is 145 Å². The highest BCUT2D eigenvalue weighted by atomic mass is 16.6.